The highest BCUT2D eigenvalue weighted by Crippen LogP contribution is 2.34. The molecular weight excluding hydrogens is 377 g/mol. The van der Waals surface area contributed by atoms with Crippen LogP contribution in [0.2, 0.25) is 0 Å². The van der Waals surface area contributed by atoms with E-state index in [0.29, 0.717) is 23.7 Å². The number of fused-ring (bicyclic) bond motifs is 1. The summed E-state index contributed by atoms with van der Waals surface area (Å²) in [6, 6.07) is 10.5. The van der Waals surface area contributed by atoms with Gasteiger partial charge in [0.2, 0.25) is 0 Å². The maximum atomic E-state index is 13.3. The Morgan fingerprint density at radius 1 is 1.18 bits per heavy atom. The lowest BCUT2D eigenvalue weighted by atomic mass is 10.1. The highest BCUT2D eigenvalue weighted by Gasteiger charge is 2.41. The second-order valence-electron chi connectivity index (χ2n) is 7.27. The van der Waals surface area contributed by atoms with Gasteiger partial charge in [-0.25, -0.2) is 4.39 Å². The summed E-state index contributed by atoms with van der Waals surface area (Å²) in [5, 5.41) is 6.27. The Kier molecular flexibility index (Phi) is 4.85. The van der Waals surface area contributed by atoms with Crippen LogP contribution in [0.4, 0.5) is 4.39 Å². The molecule has 1 atom stereocenters. The van der Waals surface area contributed by atoms with Crippen molar-refractivity contribution in [2.75, 3.05) is 6.54 Å². The molecule has 4 rings (SSSR count). The SMILES string of the molecule is CC(C)CCN1C(=O)c2cc(-c3ccc(F)cc3)nn2C(=O)C1c1cccs1. The monoisotopic (exact) mass is 397 g/mol. The van der Waals surface area contributed by atoms with Gasteiger partial charge in [-0.05, 0) is 54.1 Å². The number of rotatable bonds is 5. The van der Waals surface area contributed by atoms with Crippen LogP contribution in [0, 0.1) is 11.7 Å². The van der Waals surface area contributed by atoms with Gasteiger partial charge in [-0.1, -0.05) is 19.9 Å². The molecule has 1 amide bonds. The quantitative estimate of drug-likeness (QED) is 0.631. The number of benzene rings is 1. The minimum absolute atomic E-state index is 0.209. The van der Waals surface area contributed by atoms with E-state index >= 15 is 0 Å². The van der Waals surface area contributed by atoms with Crippen LogP contribution < -0.4 is 0 Å². The fourth-order valence-electron chi connectivity index (χ4n) is 3.33. The molecule has 28 heavy (non-hydrogen) atoms. The van der Waals surface area contributed by atoms with Gasteiger partial charge < -0.3 is 4.90 Å². The van der Waals surface area contributed by atoms with E-state index in [1.807, 2.05) is 17.5 Å². The van der Waals surface area contributed by atoms with Crippen molar-refractivity contribution in [1.82, 2.24) is 14.7 Å². The zero-order chi connectivity index (χ0) is 19.8. The molecule has 2 aromatic heterocycles. The van der Waals surface area contributed by atoms with E-state index in [1.54, 1.807) is 23.1 Å². The molecule has 0 N–H and O–H groups in total. The Bertz CT molecular complexity index is 1010. The van der Waals surface area contributed by atoms with E-state index in [0.717, 1.165) is 11.3 Å². The van der Waals surface area contributed by atoms with Crippen molar-refractivity contribution in [3.63, 3.8) is 0 Å². The molecule has 0 fully saturated rings. The van der Waals surface area contributed by atoms with E-state index in [9.17, 15) is 14.0 Å². The van der Waals surface area contributed by atoms with Crippen LogP contribution in [0.3, 0.4) is 0 Å². The van der Waals surface area contributed by atoms with Gasteiger partial charge in [0.15, 0.2) is 0 Å². The molecule has 0 bridgehead atoms. The Morgan fingerprint density at radius 2 is 1.93 bits per heavy atom. The van der Waals surface area contributed by atoms with Crippen molar-refractivity contribution in [3.05, 3.63) is 64.2 Å². The summed E-state index contributed by atoms with van der Waals surface area (Å²) in [5.74, 6) is -0.389. The summed E-state index contributed by atoms with van der Waals surface area (Å²) >= 11 is 1.46. The lowest BCUT2D eigenvalue weighted by molar-refractivity contribution is 0.0483. The molecule has 1 aromatic carbocycles. The molecule has 3 aromatic rings. The minimum atomic E-state index is -0.667. The third-order valence-electron chi connectivity index (χ3n) is 4.84. The molecular formula is C21H20FN3O2S. The Hall–Kier alpha value is -2.80. The van der Waals surface area contributed by atoms with E-state index in [-0.39, 0.29) is 23.3 Å². The van der Waals surface area contributed by atoms with Crippen LogP contribution in [0.15, 0.2) is 47.8 Å². The van der Waals surface area contributed by atoms with Gasteiger partial charge in [-0.2, -0.15) is 9.78 Å². The van der Waals surface area contributed by atoms with Crippen molar-refractivity contribution >= 4 is 23.2 Å². The Labute approximate surface area is 166 Å². The lowest BCUT2D eigenvalue weighted by Crippen LogP contribution is -2.47. The van der Waals surface area contributed by atoms with Crippen LogP contribution >= 0.6 is 11.3 Å². The fourth-order valence-corrected chi connectivity index (χ4v) is 4.16. The fraction of sp³-hybridized carbons (Fsp3) is 0.286. The highest BCUT2D eigenvalue weighted by atomic mass is 32.1. The molecule has 3 heterocycles. The van der Waals surface area contributed by atoms with Crippen molar-refractivity contribution in [2.24, 2.45) is 5.92 Å². The number of thiophene rings is 1. The number of halogens is 1. The van der Waals surface area contributed by atoms with E-state index in [1.165, 1.54) is 28.2 Å². The Morgan fingerprint density at radius 3 is 2.57 bits per heavy atom. The first-order chi connectivity index (χ1) is 13.5. The maximum Gasteiger partial charge on any atom is 0.275 e. The first kappa shape index (κ1) is 18.6. The highest BCUT2D eigenvalue weighted by molar-refractivity contribution is 7.10. The summed E-state index contributed by atoms with van der Waals surface area (Å²) in [5.41, 5.74) is 1.39. The van der Waals surface area contributed by atoms with Crippen molar-refractivity contribution < 1.29 is 14.0 Å². The predicted octanol–water partition coefficient (Wildman–Crippen LogP) is 4.63. The van der Waals surface area contributed by atoms with Gasteiger partial charge in [-0.3, -0.25) is 9.59 Å². The zero-order valence-corrected chi connectivity index (χ0v) is 16.4. The van der Waals surface area contributed by atoms with Crippen molar-refractivity contribution in [2.45, 2.75) is 26.3 Å². The summed E-state index contributed by atoms with van der Waals surface area (Å²) in [4.78, 5) is 29.0. The summed E-state index contributed by atoms with van der Waals surface area (Å²) in [7, 11) is 0. The summed E-state index contributed by atoms with van der Waals surface area (Å²) < 4.78 is 14.4. The first-order valence-corrected chi connectivity index (χ1v) is 10.1. The van der Waals surface area contributed by atoms with E-state index in [4.69, 9.17) is 0 Å². The Balaban J connectivity index is 1.77. The van der Waals surface area contributed by atoms with Crippen LogP contribution in [0.25, 0.3) is 11.3 Å². The molecule has 5 nitrogen and oxygen atoms in total. The zero-order valence-electron chi connectivity index (χ0n) is 15.6. The van der Waals surface area contributed by atoms with Crippen LogP contribution in [0.1, 0.15) is 46.5 Å². The smallest absolute Gasteiger partial charge is 0.275 e. The molecule has 144 valence electrons. The summed E-state index contributed by atoms with van der Waals surface area (Å²) in [6.07, 6.45) is 0.805. The summed E-state index contributed by atoms with van der Waals surface area (Å²) in [6.45, 7) is 4.68. The van der Waals surface area contributed by atoms with E-state index in [2.05, 4.69) is 18.9 Å². The normalized spacial score (nSPS) is 16.7. The number of carbonyl (C=O) groups excluding carboxylic acids is 2. The standard InChI is InChI=1S/C21H20FN3O2S/c1-13(2)9-10-24-19(18-4-3-11-28-18)21(27)25-17(20(24)26)12-16(23-25)14-5-7-15(22)8-6-14/h3-8,11-13,19H,9-10H2,1-2H3. The topological polar surface area (TPSA) is 55.2 Å². The van der Waals surface area contributed by atoms with Crippen molar-refractivity contribution in [1.29, 1.82) is 0 Å². The molecule has 0 aliphatic carbocycles. The number of carbonyl (C=O) groups is 2. The van der Waals surface area contributed by atoms with Crippen molar-refractivity contribution in [3.8, 4) is 11.3 Å². The number of nitrogens with zero attached hydrogens (tertiary/aromatic N) is 3. The number of hydrogen-bond donors (Lipinski definition) is 0. The first-order valence-electron chi connectivity index (χ1n) is 9.20. The average molecular weight is 397 g/mol. The third-order valence-corrected chi connectivity index (χ3v) is 5.77. The van der Waals surface area contributed by atoms with Gasteiger partial charge in [0, 0.05) is 17.0 Å². The van der Waals surface area contributed by atoms with Gasteiger partial charge >= 0.3 is 0 Å². The molecule has 1 aliphatic heterocycles. The molecule has 0 saturated carbocycles. The third kappa shape index (κ3) is 3.26. The van der Waals surface area contributed by atoms with E-state index < -0.39 is 6.04 Å². The number of hydrogen-bond acceptors (Lipinski definition) is 4. The van der Waals surface area contributed by atoms with Gasteiger partial charge in [0.1, 0.15) is 17.6 Å². The minimum Gasteiger partial charge on any atom is -0.320 e. The maximum absolute atomic E-state index is 13.3. The largest absolute Gasteiger partial charge is 0.320 e. The molecule has 7 heteroatoms. The average Bonchev–Trinajstić information content (AvgIpc) is 3.34. The number of amides is 1. The van der Waals surface area contributed by atoms with Crippen LogP contribution in [-0.4, -0.2) is 33.0 Å². The van der Waals surface area contributed by atoms with Gasteiger partial charge in [0.05, 0.1) is 5.69 Å². The molecule has 0 spiro atoms. The molecule has 1 aliphatic rings. The predicted molar refractivity (Wildman–Crippen MR) is 106 cm³/mol. The molecule has 1 unspecified atom stereocenters. The van der Waals surface area contributed by atoms with Crippen LogP contribution in [0.5, 0.6) is 0 Å². The second kappa shape index (κ2) is 7.31. The van der Waals surface area contributed by atoms with Gasteiger partial charge in [-0.15, -0.1) is 11.3 Å². The molecule has 0 radical (unpaired) electrons. The molecule has 0 saturated heterocycles. The number of aromatic nitrogens is 2. The second-order valence-corrected chi connectivity index (χ2v) is 8.25. The van der Waals surface area contributed by atoms with Crippen LogP contribution in [-0.2, 0) is 0 Å². The van der Waals surface area contributed by atoms with Gasteiger partial charge in [0.25, 0.3) is 11.8 Å². The lowest BCUT2D eigenvalue weighted by Gasteiger charge is -2.34.